The normalized spacial score (nSPS) is 30.8. The molecule has 1 atom stereocenters. The Labute approximate surface area is 133 Å². The Morgan fingerprint density at radius 2 is 1.59 bits per heavy atom. The minimum atomic E-state index is -0.714. The first-order chi connectivity index (χ1) is 10.5. The third-order valence-corrected chi connectivity index (χ3v) is 5.94. The number of carbonyl (C=O) groups is 2. The van der Waals surface area contributed by atoms with E-state index in [0.29, 0.717) is 25.2 Å². The van der Waals surface area contributed by atoms with Crippen LogP contribution < -0.4 is 5.32 Å². The molecule has 3 amide bonds. The monoisotopic (exact) mass is 307 g/mol. The number of rotatable bonds is 5. The molecule has 2 aliphatic carbocycles. The summed E-state index contributed by atoms with van der Waals surface area (Å²) in [6, 6.07) is 0.893. The minimum Gasteiger partial charge on any atom is -0.323 e. The Hall–Kier alpha value is -1.10. The molecule has 5 nitrogen and oxygen atoms in total. The van der Waals surface area contributed by atoms with E-state index in [9.17, 15) is 9.59 Å². The molecule has 5 heteroatoms. The molecule has 0 radical (unpaired) electrons. The number of nitrogens with one attached hydrogen (secondary N) is 1. The molecule has 22 heavy (non-hydrogen) atoms. The molecule has 1 unspecified atom stereocenters. The number of nitrogens with zero attached hydrogens (tertiary/aromatic N) is 2. The van der Waals surface area contributed by atoms with Crippen molar-refractivity contribution in [1.29, 1.82) is 0 Å². The molecule has 0 aromatic rings. The van der Waals surface area contributed by atoms with Crippen molar-refractivity contribution in [2.45, 2.75) is 89.3 Å². The zero-order valence-electron chi connectivity index (χ0n) is 13.9. The van der Waals surface area contributed by atoms with Gasteiger partial charge in [0.05, 0.1) is 6.67 Å². The van der Waals surface area contributed by atoms with Crippen LogP contribution in [0.5, 0.6) is 0 Å². The molecule has 3 aliphatic rings. The second-order valence-electron chi connectivity index (χ2n) is 7.38. The van der Waals surface area contributed by atoms with E-state index in [-0.39, 0.29) is 11.9 Å². The lowest BCUT2D eigenvalue weighted by atomic mass is 9.99. The third kappa shape index (κ3) is 2.75. The van der Waals surface area contributed by atoms with Gasteiger partial charge in [0.1, 0.15) is 5.54 Å². The number of imide groups is 1. The highest BCUT2D eigenvalue weighted by Crippen LogP contribution is 2.32. The number of hydrogen-bond acceptors (Lipinski definition) is 3. The zero-order valence-corrected chi connectivity index (χ0v) is 13.9. The highest BCUT2D eigenvalue weighted by molar-refractivity contribution is 6.06. The topological polar surface area (TPSA) is 52.7 Å². The largest absolute Gasteiger partial charge is 0.326 e. The van der Waals surface area contributed by atoms with E-state index in [0.717, 1.165) is 0 Å². The van der Waals surface area contributed by atoms with Crippen LogP contribution in [-0.2, 0) is 4.79 Å². The van der Waals surface area contributed by atoms with E-state index < -0.39 is 5.54 Å². The van der Waals surface area contributed by atoms with Gasteiger partial charge in [0.15, 0.2) is 0 Å². The fraction of sp³-hybridized carbons (Fsp3) is 0.882. The maximum absolute atomic E-state index is 12.6. The SMILES string of the molecule is CCC1(C)NC(=O)N(CN(C2CCCC2)C2CCCC2)C1=O. The lowest BCUT2D eigenvalue weighted by molar-refractivity contribution is -0.133. The van der Waals surface area contributed by atoms with E-state index >= 15 is 0 Å². The number of carbonyl (C=O) groups excluding carboxylic acids is 2. The first-order valence-corrected chi connectivity index (χ1v) is 8.95. The maximum Gasteiger partial charge on any atom is 0.326 e. The Morgan fingerprint density at radius 1 is 1.09 bits per heavy atom. The van der Waals surface area contributed by atoms with Crippen molar-refractivity contribution < 1.29 is 9.59 Å². The summed E-state index contributed by atoms with van der Waals surface area (Å²) < 4.78 is 0. The highest BCUT2D eigenvalue weighted by atomic mass is 16.2. The molecule has 0 aromatic carbocycles. The van der Waals surface area contributed by atoms with Crippen LogP contribution in [0.2, 0.25) is 0 Å². The molecule has 1 aliphatic heterocycles. The minimum absolute atomic E-state index is 0.0546. The molecule has 1 saturated heterocycles. The zero-order chi connectivity index (χ0) is 15.7. The van der Waals surface area contributed by atoms with E-state index in [2.05, 4.69) is 10.2 Å². The van der Waals surface area contributed by atoms with Gasteiger partial charge in [-0.1, -0.05) is 32.6 Å². The van der Waals surface area contributed by atoms with E-state index in [1.807, 2.05) is 13.8 Å². The van der Waals surface area contributed by atoms with Gasteiger partial charge in [0, 0.05) is 12.1 Å². The van der Waals surface area contributed by atoms with Crippen LogP contribution in [0.3, 0.4) is 0 Å². The second kappa shape index (κ2) is 6.19. The van der Waals surface area contributed by atoms with Crippen molar-refractivity contribution in [2.24, 2.45) is 0 Å². The van der Waals surface area contributed by atoms with Crippen molar-refractivity contribution in [1.82, 2.24) is 15.1 Å². The third-order valence-electron chi connectivity index (χ3n) is 5.94. The fourth-order valence-corrected chi connectivity index (χ4v) is 4.28. The number of amides is 3. The van der Waals surface area contributed by atoms with Crippen LogP contribution in [0.25, 0.3) is 0 Å². The van der Waals surface area contributed by atoms with Crippen molar-refractivity contribution in [3.63, 3.8) is 0 Å². The summed E-state index contributed by atoms with van der Waals surface area (Å²) >= 11 is 0. The van der Waals surface area contributed by atoms with Crippen LogP contribution in [-0.4, -0.2) is 46.0 Å². The van der Waals surface area contributed by atoms with Gasteiger partial charge >= 0.3 is 6.03 Å². The van der Waals surface area contributed by atoms with Gasteiger partial charge in [-0.15, -0.1) is 0 Å². The predicted octanol–water partition coefficient (Wildman–Crippen LogP) is 2.85. The van der Waals surface area contributed by atoms with Crippen molar-refractivity contribution in [2.75, 3.05) is 6.67 Å². The van der Waals surface area contributed by atoms with Gasteiger partial charge in [-0.25, -0.2) is 9.69 Å². The van der Waals surface area contributed by atoms with Crippen LogP contribution in [0, 0.1) is 0 Å². The molecule has 3 fully saturated rings. The summed E-state index contributed by atoms with van der Waals surface area (Å²) in [5.41, 5.74) is -0.714. The summed E-state index contributed by atoms with van der Waals surface area (Å²) in [4.78, 5) is 28.9. The van der Waals surface area contributed by atoms with Crippen LogP contribution in [0.15, 0.2) is 0 Å². The van der Waals surface area contributed by atoms with Crippen molar-refractivity contribution >= 4 is 11.9 Å². The number of urea groups is 1. The molecular formula is C17H29N3O2. The summed E-state index contributed by atoms with van der Waals surface area (Å²) in [6.45, 7) is 4.27. The lowest BCUT2D eigenvalue weighted by Gasteiger charge is -2.36. The van der Waals surface area contributed by atoms with Gasteiger partial charge in [-0.2, -0.15) is 0 Å². The Kier molecular flexibility index (Phi) is 4.44. The van der Waals surface area contributed by atoms with Gasteiger partial charge in [-0.05, 0) is 39.0 Å². The average Bonchev–Trinajstić information content (AvgIpc) is 3.23. The standard InChI is InChI=1S/C17H29N3O2/c1-3-17(2)15(21)20(16(22)18-17)12-19(13-8-4-5-9-13)14-10-6-7-11-14/h13-14H,3-12H2,1-2H3,(H,18,22). The number of hydrogen-bond donors (Lipinski definition) is 1. The summed E-state index contributed by atoms with van der Waals surface area (Å²) in [5.74, 6) is -0.0546. The van der Waals surface area contributed by atoms with E-state index in [1.54, 1.807) is 0 Å². The molecule has 3 rings (SSSR count). The average molecular weight is 307 g/mol. The van der Waals surface area contributed by atoms with Gasteiger partial charge in [0.2, 0.25) is 0 Å². The Bertz CT molecular complexity index is 425. The first kappa shape index (κ1) is 15.8. The highest BCUT2D eigenvalue weighted by Gasteiger charge is 2.47. The fourth-order valence-electron chi connectivity index (χ4n) is 4.28. The van der Waals surface area contributed by atoms with Gasteiger partial charge < -0.3 is 5.32 Å². The van der Waals surface area contributed by atoms with E-state index in [4.69, 9.17) is 0 Å². The Morgan fingerprint density at radius 3 is 2.00 bits per heavy atom. The van der Waals surface area contributed by atoms with Crippen LogP contribution in [0.1, 0.15) is 71.6 Å². The summed E-state index contributed by atoms with van der Waals surface area (Å²) in [6.07, 6.45) is 10.6. The van der Waals surface area contributed by atoms with Crippen LogP contribution in [0.4, 0.5) is 4.79 Å². The van der Waals surface area contributed by atoms with E-state index in [1.165, 1.54) is 56.3 Å². The second-order valence-corrected chi connectivity index (χ2v) is 7.38. The molecule has 0 bridgehead atoms. The molecular weight excluding hydrogens is 278 g/mol. The predicted molar refractivity (Wildman–Crippen MR) is 85.3 cm³/mol. The quantitative estimate of drug-likeness (QED) is 0.795. The maximum atomic E-state index is 12.6. The smallest absolute Gasteiger partial charge is 0.323 e. The first-order valence-electron chi connectivity index (χ1n) is 8.95. The summed E-state index contributed by atoms with van der Waals surface area (Å²) in [7, 11) is 0. The van der Waals surface area contributed by atoms with Gasteiger partial charge in [-0.3, -0.25) is 9.69 Å². The van der Waals surface area contributed by atoms with Crippen LogP contribution >= 0.6 is 0 Å². The van der Waals surface area contributed by atoms with Crippen molar-refractivity contribution in [3.8, 4) is 0 Å². The molecule has 0 spiro atoms. The van der Waals surface area contributed by atoms with Gasteiger partial charge in [0.25, 0.3) is 5.91 Å². The molecule has 124 valence electrons. The molecule has 1 heterocycles. The Balaban J connectivity index is 1.75. The van der Waals surface area contributed by atoms with Crippen molar-refractivity contribution in [3.05, 3.63) is 0 Å². The molecule has 2 saturated carbocycles. The lowest BCUT2D eigenvalue weighted by Crippen LogP contribution is -2.50. The molecule has 0 aromatic heterocycles. The summed E-state index contributed by atoms with van der Waals surface area (Å²) in [5, 5.41) is 2.88. The molecule has 1 N–H and O–H groups in total.